The molecular weight excluding hydrogens is 491 g/mol. The van der Waals surface area contributed by atoms with Crippen molar-refractivity contribution in [2.75, 3.05) is 44.6 Å². The van der Waals surface area contributed by atoms with Crippen LogP contribution >= 0.6 is 0 Å². The first-order chi connectivity index (χ1) is 18.0. The van der Waals surface area contributed by atoms with Crippen molar-refractivity contribution < 1.29 is 18.0 Å². The summed E-state index contributed by atoms with van der Waals surface area (Å²) in [6.07, 6.45) is 1.99. The molecule has 0 radical (unpaired) electrons. The second-order valence-electron chi connectivity index (χ2n) is 11.9. The standard InChI is InChI=1S/C29H42F3N5O/c1-28(2,3)21-6-8-23(9-7-21)34-24-10-14-36(15-11-24)16-12-27(38)37-13-4-5-25(20-37)35-26-17-22(18-33-19-26)29(30,31)32/h6-9,17-18,24-26,34-35H,4-5,10-16,19-20H2,1-3H3. The second kappa shape index (κ2) is 12.2. The lowest BCUT2D eigenvalue weighted by atomic mass is 9.87. The Morgan fingerprint density at radius 3 is 2.39 bits per heavy atom. The van der Waals surface area contributed by atoms with Gasteiger partial charge in [0.1, 0.15) is 0 Å². The number of nitrogens with zero attached hydrogens (tertiary/aromatic N) is 3. The highest BCUT2D eigenvalue weighted by atomic mass is 19.4. The van der Waals surface area contributed by atoms with Crippen LogP contribution in [0.5, 0.6) is 0 Å². The maximum atomic E-state index is 13.0. The predicted molar refractivity (Wildman–Crippen MR) is 147 cm³/mol. The molecule has 9 heteroatoms. The summed E-state index contributed by atoms with van der Waals surface area (Å²) in [6.45, 7) is 10.9. The van der Waals surface area contributed by atoms with Gasteiger partial charge in [0, 0.05) is 69.2 Å². The van der Waals surface area contributed by atoms with Gasteiger partial charge >= 0.3 is 6.18 Å². The maximum Gasteiger partial charge on any atom is 0.417 e. The largest absolute Gasteiger partial charge is 0.417 e. The van der Waals surface area contributed by atoms with Gasteiger partial charge < -0.3 is 20.4 Å². The Balaban J connectivity index is 1.17. The van der Waals surface area contributed by atoms with Crippen LogP contribution in [0, 0.1) is 0 Å². The molecule has 1 aromatic rings. The monoisotopic (exact) mass is 533 g/mol. The molecule has 0 aliphatic carbocycles. The van der Waals surface area contributed by atoms with E-state index in [1.54, 1.807) is 0 Å². The summed E-state index contributed by atoms with van der Waals surface area (Å²) < 4.78 is 39.1. The van der Waals surface area contributed by atoms with Crippen LogP contribution < -0.4 is 10.6 Å². The molecule has 1 aromatic carbocycles. The molecule has 6 nitrogen and oxygen atoms in total. The van der Waals surface area contributed by atoms with Crippen molar-refractivity contribution >= 4 is 17.8 Å². The van der Waals surface area contributed by atoms with Crippen molar-refractivity contribution in [3.8, 4) is 0 Å². The molecule has 3 aliphatic heterocycles. The van der Waals surface area contributed by atoms with E-state index in [9.17, 15) is 18.0 Å². The number of aliphatic imine (C=N–C) groups is 1. The fraction of sp³-hybridized carbons (Fsp3) is 0.655. The Kier molecular flexibility index (Phi) is 9.19. The number of dihydropyridines is 1. The zero-order valence-corrected chi connectivity index (χ0v) is 22.9. The van der Waals surface area contributed by atoms with E-state index in [4.69, 9.17) is 0 Å². The van der Waals surface area contributed by atoms with Gasteiger partial charge in [-0.1, -0.05) is 39.0 Å². The Bertz CT molecular complexity index is 991. The summed E-state index contributed by atoms with van der Waals surface area (Å²) in [7, 11) is 0. The SMILES string of the molecule is CC(C)(C)c1ccc(NC2CCN(CCC(=O)N3CCCC(NC4C=C(C(F)(F)F)C=NC4)C3)CC2)cc1. The minimum absolute atomic E-state index is 0.0176. The number of anilines is 1. The fourth-order valence-electron chi connectivity index (χ4n) is 5.50. The zero-order chi connectivity index (χ0) is 27.3. The van der Waals surface area contributed by atoms with Crippen LogP contribution in [-0.2, 0) is 10.2 Å². The number of halogens is 3. The third kappa shape index (κ3) is 8.06. The van der Waals surface area contributed by atoms with Crippen molar-refractivity contribution in [3.63, 3.8) is 0 Å². The van der Waals surface area contributed by atoms with Gasteiger partial charge in [0.2, 0.25) is 5.91 Å². The Hall–Kier alpha value is -2.39. The lowest BCUT2D eigenvalue weighted by Crippen LogP contribution is -2.52. The Morgan fingerprint density at radius 1 is 1.03 bits per heavy atom. The Morgan fingerprint density at radius 2 is 1.74 bits per heavy atom. The molecule has 2 N–H and O–H groups in total. The first kappa shape index (κ1) is 28.6. The fourth-order valence-corrected chi connectivity index (χ4v) is 5.50. The van der Waals surface area contributed by atoms with E-state index in [1.165, 1.54) is 11.6 Å². The van der Waals surface area contributed by atoms with Crippen LogP contribution in [0.1, 0.15) is 58.4 Å². The molecule has 3 aliphatic rings. The number of nitrogens with one attached hydrogen (secondary N) is 2. The lowest BCUT2D eigenvalue weighted by molar-refractivity contribution is -0.133. The van der Waals surface area contributed by atoms with Crippen LogP contribution in [0.3, 0.4) is 0 Å². The van der Waals surface area contributed by atoms with Crippen LogP contribution in [0.15, 0.2) is 40.9 Å². The van der Waals surface area contributed by atoms with Crippen LogP contribution in [0.2, 0.25) is 0 Å². The number of amides is 1. The quantitative estimate of drug-likeness (QED) is 0.530. The molecule has 210 valence electrons. The average Bonchev–Trinajstić information content (AvgIpc) is 2.88. The van der Waals surface area contributed by atoms with Gasteiger partial charge in [-0.3, -0.25) is 9.79 Å². The van der Waals surface area contributed by atoms with Crippen LogP contribution in [0.25, 0.3) is 0 Å². The van der Waals surface area contributed by atoms with E-state index in [0.29, 0.717) is 25.6 Å². The number of likely N-dealkylation sites (tertiary alicyclic amines) is 2. The summed E-state index contributed by atoms with van der Waals surface area (Å²) in [4.78, 5) is 21.1. The van der Waals surface area contributed by atoms with E-state index >= 15 is 0 Å². The summed E-state index contributed by atoms with van der Waals surface area (Å²) in [6, 6.07) is 8.69. The van der Waals surface area contributed by atoms with Gasteiger partial charge in [0.15, 0.2) is 0 Å². The number of hydrogen-bond acceptors (Lipinski definition) is 5. The third-order valence-corrected chi connectivity index (χ3v) is 7.82. The van der Waals surface area contributed by atoms with Crippen molar-refractivity contribution in [2.24, 2.45) is 4.99 Å². The number of alkyl halides is 3. The highest BCUT2D eigenvalue weighted by molar-refractivity contribution is 5.81. The minimum Gasteiger partial charge on any atom is -0.382 e. The van der Waals surface area contributed by atoms with Crippen molar-refractivity contribution in [2.45, 2.75) is 82.6 Å². The summed E-state index contributed by atoms with van der Waals surface area (Å²) in [5.41, 5.74) is 1.93. The minimum atomic E-state index is -4.39. The zero-order valence-electron chi connectivity index (χ0n) is 22.9. The maximum absolute atomic E-state index is 13.0. The predicted octanol–water partition coefficient (Wildman–Crippen LogP) is 4.77. The molecule has 2 unspecified atom stereocenters. The third-order valence-electron chi connectivity index (χ3n) is 7.82. The Labute approximate surface area is 224 Å². The van der Waals surface area contributed by atoms with Gasteiger partial charge in [-0.05, 0) is 48.8 Å². The van der Waals surface area contributed by atoms with Gasteiger partial charge in [-0.2, -0.15) is 13.2 Å². The number of hydrogen-bond donors (Lipinski definition) is 2. The summed E-state index contributed by atoms with van der Waals surface area (Å²) in [5, 5.41) is 6.95. The summed E-state index contributed by atoms with van der Waals surface area (Å²) in [5.74, 6) is 0.129. The average molecular weight is 534 g/mol. The number of carbonyl (C=O) groups is 1. The number of carbonyl (C=O) groups excluding carboxylic acids is 1. The number of benzene rings is 1. The molecule has 38 heavy (non-hydrogen) atoms. The molecule has 0 bridgehead atoms. The molecule has 2 fully saturated rings. The molecule has 4 rings (SSSR count). The van der Waals surface area contributed by atoms with Gasteiger partial charge in [0.05, 0.1) is 12.1 Å². The van der Waals surface area contributed by atoms with Crippen molar-refractivity contribution in [3.05, 3.63) is 41.5 Å². The normalized spacial score (nSPS) is 23.8. The van der Waals surface area contributed by atoms with Gasteiger partial charge in [-0.15, -0.1) is 0 Å². The summed E-state index contributed by atoms with van der Waals surface area (Å²) >= 11 is 0. The first-order valence-electron chi connectivity index (χ1n) is 13.9. The smallest absolute Gasteiger partial charge is 0.382 e. The molecule has 0 aromatic heterocycles. The molecule has 1 amide bonds. The van der Waals surface area contributed by atoms with Crippen LogP contribution in [0.4, 0.5) is 18.9 Å². The van der Waals surface area contributed by atoms with Crippen molar-refractivity contribution in [1.82, 2.24) is 15.1 Å². The number of allylic oxidation sites excluding steroid dienone is 1. The molecule has 2 saturated heterocycles. The van der Waals surface area contributed by atoms with Crippen molar-refractivity contribution in [1.29, 1.82) is 0 Å². The first-order valence-corrected chi connectivity index (χ1v) is 13.9. The van der Waals surface area contributed by atoms with Crippen LogP contribution in [-0.4, -0.2) is 85.5 Å². The van der Waals surface area contributed by atoms with E-state index in [-0.39, 0.29) is 23.9 Å². The second-order valence-corrected chi connectivity index (χ2v) is 11.9. The van der Waals surface area contributed by atoms with Gasteiger partial charge in [-0.25, -0.2) is 0 Å². The molecular formula is C29H42F3N5O. The molecule has 2 atom stereocenters. The van der Waals surface area contributed by atoms with E-state index < -0.39 is 17.8 Å². The molecule has 3 heterocycles. The topological polar surface area (TPSA) is 60.0 Å². The highest BCUT2D eigenvalue weighted by Gasteiger charge is 2.35. The van der Waals surface area contributed by atoms with Gasteiger partial charge in [0.25, 0.3) is 0 Å². The van der Waals surface area contributed by atoms with E-state index in [1.807, 2.05) is 4.90 Å². The molecule has 0 saturated carbocycles. The highest BCUT2D eigenvalue weighted by Crippen LogP contribution is 2.27. The lowest BCUT2D eigenvalue weighted by Gasteiger charge is -2.36. The number of piperidine rings is 2. The molecule has 0 spiro atoms. The van der Waals surface area contributed by atoms with E-state index in [2.05, 4.69) is 65.6 Å². The number of rotatable bonds is 7. The van der Waals surface area contributed by atoms with E-state index in [0.717, 1.165) is 57.2 Å².